The summed E-state index contributed by atoms with van der Waals surface area (Å²) in [7, 11) is -0.378. The molecule has 0 N–H and O–H groups in total. The molecule has 0 atom stereocenters. The van der Waals surface area contributed by atoms with Gasteiger partial charge in [-0.25, -0.2) is 0 Å². The van der Waals surface area contributed by atoms with Crippen LogP contribution in [0.5, 0.6) is 0 Å². The Bertz CT molecular complexity index is 73.5. The second kappa shape index (κ2) is 5.97. The third-order valence-corrected chi connectivity index (χ3v) is 2.52. The summed E-state index contributed by atoms with van der Waals surface area (Å²) < 4.78 is 5.32. The fourth-order valence-electron chi connectivity index (χ4n) is 0.486. The van der Waals surface area contributed by atoms with Crippen LogP contribution >= 0.6 is 0 Å². The van der Waals surface area contributed by atoms with Crippen LogP contribution in [-0.2, 0) is 9.22 Å². The molecule has 0 unspecified atom stereocenters. The van der Waals surface area contributed by atoms with E-state index >= 15 is 0 Å². The van der Waals surface area contributed by atoms with Crippen molar-refractivity contribution in [1.82, 2.24) is 0 Å². The maximum absolute atomic E-state index is 9.82. The lowest BCUT2D eigenvalue weighted by Crippen LogP contribution is -2.06. The number of hydrogen-bond donors (Lipinski definition) is 0. The Labute approximate surface area is 58.5 Å². The molecule has 0 heterocycles. The van der Waals surface area contributed by atoms with Crippen LogP contribution in [0.2, 0.25) is 6.04 Å². The minimum Gasteiger partial charge on any atom is -0.422 e. The molecule has 0 aromatic carbocycles. The zero-order chi connectivity index (χ0) is 7.11. The number of hydrogen-bond acceptors (Lipinski definition) is 2. The largest absolute Gasteiger partial charge is 0.422 e. The van der Waals surface area contributed by atoms with E-state index in [1.165, 1.54) is 0 Å². The smallest absolute Gasteiger partial charge is 0.162 e. The topological polar surface area (TPSA) is 26.3 Å². The third kappa shape index (κ3) is 7.85. The van der Waals surface area contributed by atoms with E-state index in [4.69, 9.17) is 4.43 Å². The standard InChI is InChI=1S/C6H14O2Si/c1-6(2)8-9-5-3-4-7/h4,6H,3,5,9H2,1-2H3. The molecule has 0 amide bonds. The molecule has 54 valence electrons. The predicted molar refractivity (Wildman–Crippen MR) is 40.3 cm³/mol. The Hall–Kier alpha value is -0.153. The Balaban J connectivity index is 2.82. The molecule has 0 spiro atoms. The first kappa shape index (κ1) is 8.85. The van der Waals surface area contributed by atoms with Gasteiger partial charge in [0, 0.05) is 12.5 Å². The van der Waals surface area contributed by atoms with Crippen molar-refractivity contribution in [2.24, 2.45) is 0 Å². The zero-order valence-electron chi connectivity index (χ0n) is 6.09. The molecular formula is C6H14O2Si. The van der Waals surface area contributed by atoms with Gasteiger partial charge in [0.2, 0.25) is 0 Å². The lowest BCUT2D eigenvalue weighted by molar-refractivity contribution is -0.107. The monoisotopic (exact) mass is 146 g/mol. The van der Waals surface area contributed by atoms with Gasteiger partial charge in [-0.05, 0) is 19.9 Å². The first-order valence-corrected chi connectivity index (χ1v) is 4.90. The predicted octanol–water partition coefficient (Wildman–Crippen LogP) is 0.502. The highest BCUT2D eigenvalue weighted by Gasteiger charge is 1.91. The van der Waals surface area contributed by atoms with Crippen LogP contribution in [0.3, 0.4) is 0 Å². The van der Waals surface area contributed by atoms with E-state index in [-0.39, 0.29) is 9.76 Å². The Morgan fingerprint density at radius 3 is 2.78 bits per heavy atom. The Morgan fingerprint density at radius 1 is 1.67 bits per heavy atom. The normalized spacial score (nSPS) is 11.4. The summed E-state index contributed by atoms with van der Waals surface area (Å²) in [5, 5.41) is 0. The van der Waals surface area contributed by atoms with E-state index in [9.17, 15) is 4.79 Å². The van der Waals surface area contributed by atoms with Gasteiger partial charge in [0.1, 0.15) is 6.29 Å². The van der Waals surface area contributed by atoms with Crippen molar-refractivity contribution in [2.45, 2.75) is 32.4 Å². The molecule has 0 rings (SSSR count). The molecule has 0 aliphatic carbocycles. The summed E-state index contributed by atoms with van der Waals surface area (Å²) in [6.07, 6.45) is 1.98. The highest BCUT2D eigenvalue weighted by atomic mass is 28.2. The van der Waals surface area contributed by atoms with Gasteiger partial charge < -0.3 is 9.22 Å². The number of aldehydes is 1. The van der Waals surface area contributed by atoms with Gasteiger partial charge in [0.05, 0.1) is 0 Å². The molecular weight excluding hydrogens is 132 g/mol. The maximum Gasteiger partial charge on any atom is 0.162 e. The van der Waals surface area contributed by atoms with Crippen molar-refractivity contribution in [3.63, 3.8) is 0 Å². The molecule has 0 aliphatic rings. The summed E-state index contributed by atoms with van der Waals surface area (Å²) in [6, 6.07) is 0.988. The van der Waals surface area contributed by atoms with Crippen molar-refractivity contribution in [1.29, 1.82) is 0 Å². The fraction of sp³-hybridized carbons (Fsp3) is 0.833. The average molecular weight is 146 g/mol. The second-order valence-corrected chi connectivity index (χ2v) is 3.68. The molecule has 9 heavy (non-hydrogen) atoms. The van der Waals surface area contributed by atoms with Gasteiger partial charge in [-0.3, -0.25) is 0 Å². The molecule has 0 aromatic heterocycles. The van der Waals surface area contributed by atoms with Crippen LogP contribution in [-0.4, -0.2) is 22.2 Å². The van der Waals surface area contributed by atoms with E-state index in [1.807, 2.05) is 13.8 Å². The number of rotatable bonds is 5. The molecule has 0 bridgehead atoms. The van der Waals surface area contributed by atoms with E-state index in [0.717, 1.165) is 12.3 Å². The quantitative estimate of drug-likeness (QED) is 0.321. The maximum atomic E-state index is 9.82. The van der Waals surface area contributed by atoms with E-state index in [2.05, 4.69) is 0 Å². The first-order valence-electron chi connectivity index (χ1n) is 3.32. The van der Waals surface area contributed by atoms with Gasteiger partial charge in [-0.2, -0.15) is 0 Å². The van der Waals surface area contributed by atoms with Crippen LogP contribution in [0.1, 0.15) is 20.3 Å². The summed E-state index contributed by atoms with van der Waals surface area (Å²) in [5.74, 6) is 0. The van der Waals surface area contributed by atoms with Crippen molar-refractivity contribution >= 4 is 16.0 Å². The summed E-state index contributed by atoms with van der Waals surface area (Å²) >= 11 is 0. The summed E-state index contributed by atoms with van der Waals surface area (Å²) in [4.78, 5) is 9.82. The first-order chi connectivity index (χ1) is 4.27. The zero-order valence-corrected chi connectivity index (χ0v) is 7.51. The molecule has 0 saturated carbocycles. The van der Waals surface area contributed by atoms with Gasteiger partial charge in [0.15, 0.2) is 9.76 Å². The van der Waals surface area contributed by atoms with Crippen molar-refractivity contribution in [3.8, 4) is 0 Å². The highest BCUT2D eigenvalue weighted by molar-refractivity contribution is 6.27. The molecule has 2 nitrogen and oxygen atoms in total. The van der Waals surface area contributed by atoms with Crippen molar-refractivity contribution in [2.75, 3.05) is 0 Å². The molecule has 0 aromatic rings. The van der Waals surface area contributed by atoms with E-state index < -0.39 is 0 Å². The van der Waals surface area contributed by atoms with Crippen LogP contribution in [0.15, 0.2) is 0 Å². The van der Waals surface area contributed by atoms with Gasteiger partial charge >= 0.3 is 0 Å². The minimum absolute atomic E-state index is 0.350. The van der Waals surface area contributed by atoms with E-state index in [0.29, 0.717) is 12.5 Å². The van der Waals surface area contributed by atoms with Gasteiger partial charge in [-0.1, -0.05) is 0 Å². The fourth-order valence-corrected chi connectivity index (χ4v) is 1.46. The lowest BCUT2D eigenvalue weighted by Gasteiger charge is -2.04. The van der Waals surface area contributed by atoms with Crippen molar-refractivity contribution < 1.29 is 9.22 Å². The Kier molecular flexibility index (Phi) is 5.87. The summed E-state index contributed by atoms with van der Waals surface area (Å²) in [5.41, 5.74) is 0. The molecule has 0 fully saturated rings. The molecule has 0 radical (unpaired) electrons. The Morgan fingerprint density at radius 2 is 2.33 bits per heavy atom. The van der Waals surface area contributed by atoms with Crippen LogP contribution < -0.4 is 0 Å². The van der Waals surface area contributed by atoms with E-state index in [1.54, 1.807) is 0 Å². The van der Waals surface area contributed by atoms with Gasteiger partial charge in [-0.15, -0.1) is 0 Å². The SMILES string of the molecule is CC(C)O[SiH2]CCC=O. The van der Waals surface area contributed by atoms with Crippen molar-refractivity contribution in [3.05, 3.63) is 0 Å². The lowest BCUT2D eigenvalue weighted by atomic mass is 10.5. The molecule has 3 heteroatoms. The third-order valence-electron chi connectivity index (χ3n) is 0.917. The van der Waals surface area contributed by atoms with Crippen LogP contribution in [0.25, 0.3) is 0 Å². The summed E-state index contributed by atoms with van der Waals surface area (Å²) in [6.45, 7) is 4.04. The van der Waals surface area contributed by atoms with Crippen LogP contribution in [0, 0.1) is 0 Å². The number of carbonyl (C=O) groups excluding carboxylic acids is 1. The highest BCUT2D eigenvalue weighted by Crippen LogP contribution is 1.89. The minimum atomic E-state index is -0.378. The van der Waals surface area contributed by atoms with Crippen LogP contribution in [0.4, 0.5) is 0 Å². The van der Waals surface area contributed by atoms with Gasteiger partial charge in [0.25, 0.3) is 0 Å². The molecule has 0 aliphatic heterocycles. The second-order valence-electron chi connectivity index (χ2n) is 2.23. The number of carbonyl (C=O) groups is 1. The molecule has 0 saturated heterocycles. The average Bonchev–Trinajstić information content (AvgIpc) is 1.80.